The van der Waals surface area contributed by atoms with Crippen LogP contribution in [0.1, 0.15) is 18.1 Å². The standard InChI is InChI=1S/C16H16N2OS2/c1-9-7-12(8-11-3-6-20-14(9)11)13-15(10(2)19)21-16-17-4-5-18(13)16/h3,6-8,10,19H,4-5H2,1-2H3. The molecule has 1 unspecified atom stereocenters. The van der Waals surface area contributed by atoms with Gasteiger partial charge in [-0.2, -0.15) is 0 Å². The van der Waals surface area contributed by atoms with Crippen LogP contribution >= 0.6 is 23.1 Å². The van der Waals surface area contributed by atoms with E-state index in [2.05, 4.69) is 40.4 Å². The maximum atomic E-state index is 10.1. The summed E-state index contributed by atoms with van der Waals surface area (Å²) in [4.78, 5) is 7.80. The van der Waals surface area contributed by atoms with Crippen LogP contribution in [-0.2, 0) is 0 Å². The third-order valence-corrected chi connectivity index (χ3v) is 6.25. The zero-order valence-corrected chi connectivity index (χ0v) is 13.6. The molecule has 2 aliphatic heterocycles. The average Bonchev–Trinajstić information content (AvgIpc) is 3.12. The first-order valence-electron chi connectivity index (χ1n) is 7.05. The van der Waals surface area contributed by atoms with Crippen LogP contribution in [0, 0.1) is 6.92 Å². The number of rotatable bonds is 2. The number of aliphatic imine (C=N–C) groups is 1. The number of aliphatic hydroxyl groups excluding tert-OH is 1. The van der Waals surface area contributed by atoms with Gasteiger partial charge >= 0.3 is 0 Å². The lowest BCUT2D eigenvalue weighted by molar-refractivity contribution is 0.240. The number of benzene rings is 1. The predicted molar refractivity (Wildman–Crippen MR) is 91.8 cm³/mol. The van der Waals surface area contributed by atoms with E-state index in [4.69, 9.17) is 0 Å². The van der Waals surface area contributed by atoms with Crippen molar-refractivity contribution in [3.63, 3.8) is 0 Å². The molecule has 4 rings (SSSR count). The zero-order chi connectivity index (χ0) is 14.6. The van der Waals surface area contributed by atoms with E-state index in [1.165, 1.54) is 21.2 Å². The molecule has 1 N–H and O–H groups in total. The topological polar surface area (TPSA) is 35.8 Å². The van der Waals surface area contributed by atoms with E-state index >= 15 is 0 Å². The van der Waals surface area contributed by atoms with Gasteiger partial charge in [0.2, 0.25) is 0 Å². The van der Waals surface area contributed by atoms with E-state index in [0.29, 0.717) is 0 Å². The fourth-order valence-electron chi connectivity index (χ4n) is 2.98. The molecule has 0 bridgehead atoms. The number of hydrogen-bond donors (Lipinski definition) is 1. The van der Waals surface area contributed by atoms with Crippen LogP contribution in [0.5, 0.6) is 0 Å². The summed E-state index contributed by atoms with van der Waals surface area (Å²) < 4.78 is 1.35. The largest absolute Gasteiger partial charge is 0.388 e. The minimum atomic E-state index is -0.461. The fraction of sp³-hybridized carbons (Fsp3) is 0.312. The molecule has 1 atom stereocenters. The second kappa shape index (κ2) is 4.87. The van der Waals surface area contributed by atoms with Gasteiger partial charge in [-0.05, 0) is 48.4 Å². The third-order valence-electron chi connectivity index (χ3n) is 3.90. The molecule has 5 heteroatoms. The van der Waals surface area contributed by atoms with Crippen molar-refractivity contribution >= 4 is 44.0 Å². The number of thioether (sulfide) groups is 1. The number of amidine groups is 1. The second-order valence-corrected chi connectivity index (χ2v) is 7.36. The maximum Gasteiger partial charge on any atom is 0.168 e. The Kier molecular flexibility index (Phi) is 3.10. The Morgan fingerprint density at radius 3 is 3.05 bits per heavy atom. The normalized spacial score (nSPS) is 19.4. The van der Waals surface area contributed by atoms with E-state index in [0.717, 1.165) is 28.9 Å². The van der Waals surface area contributed by atoms with Crippen molar-refractivity contribution in [3.05, 3.63) is 39.6 Å². The van der Waals surface area contributed by atoms with E-state index in [9.17, 15) is 5.11 Å². The van der Waals surface area contributed by atoms with E-state index in [-0.39, 0.29) is 0 Å². The van der Waals surface area contributed by atoms with Crippen molar-refractivity contribution < 1.29 is 5.11 Å². The molecule has 3 nitrogen and oxygen atoms in total. The van der Waals surface area contributed by atoms with Gasteiger partial charge < -0.3 is 10.0 Å². The summed E-state index contributed by atoms with van der Waals surface area (Å²) in [6.45, 7) is 5.75. The van der Waals surface area contributed by atoms with E-state index in [1.807, 2.05) is 6.92 Å². The first kappa shape index (κ1) is 13.4. The molecule has 0 amide bonds. The van der Waals surface area contributed by atoms with Gasteiger partial charge in [0.25, 0.3) is 0 Å². The van der Waals surface area contributed by atoms with Gasteiger partial charge in [0.1, 0.15) is 0 Å². The minimum Gasteiger partial charge on any atom is -0.388 e. The van der Waals surface area contributed by atoms with Gasteiger partial charge in [0.05, 0.1) is 18.3 Å². The molecule has 0 radical (unpaired) electrons. The lowest BCUT2D eigenvalue weighted by Gasteiger charge is -2.18. The van der Waals surface area contributed by atoms with Crippen molar-refractivity contribution in [2.75, 3.05) is 13.1 Å². The molecule has 0 fully saturated rings. The molecule has 1 aromatic heterocycles. The number of aryl methyl sites for hydroxylation is 1. The van der Waals surface area contributed by atoms with Gasteiger partial charge in [0.15, 0.2) is 5.17 Å². The second-order valence-electron chi connectivity index (χ2n) is 5.44. The highest BCUT2D eigenvalue weighted by atomic mass is 32.2. The Morgan fingerprint density at radius 2 is 2.24 bits per heavy atom. The summed E-state index contributed by atoms with van der Waals surface area (Å²) in [5.41, 5.74) is 3.63. The smallest absolute Gasteiger partial charge is 0.168 e. The van der Waals surface area contributed by atoms with Crippen LogP contribution < -0.4 is 0 Å². The maximum absolute atomic E-state index is 10.1. The Morgan fingerprint density at radius 1 is 1.38 bits per heavy atom. The van der Waals surface area contributed by atoms with Gasteiger partial charge in [-0.25, -0.2) is 0 Å². The number of thiophene rings is 1. The summed E-state index contributed by atoms with van der Waals surface area (Å²) in [5, 5.41) is 14.6. The first-order valence-corrected chi connectivity index (χ1v) is 8.75. The highest BCUT2D eigenvalue weighted by Crippen LogP contribution is 2.44. The van der Waals surface area contributed by atoms with Gasteiger partial charge in [-0.1, -0.05) is 11.8 Å². The average molecular weight is 316 g/mol. The van der Waals surface area contributed by atoms with E-state index < -0.39 is 6.10 Å². The predicted octanol–water partition coefficient (Wildman–Crippen LogP) is 3.68. The SMILES string of the molecule is Cc1cc(C2=C(C(C)O)SC3=NCCN32)cc2ccsc12. The van der Waals surface area contributed by atoms with Crippen LogP contribution in [0.25, 0.3) is 15.8 Å². The molecular weight excluding hydrogens is 300 g/mol. The molecule has 0 aliphatic carbocycles. The van der Waals surface area contributed by atoms with Crippen LogP contribution in [-0.4, -0.2) is 34.4 Å². The van der Waals surface area contributed by atoms with Gasteiger partial charge in [0, 0.05) is 21.7 Å². The molecule has 0 spiro atoms. The lowest BCUT2D eigenvalue weighted by atomic mass is 10.0. The summed E-state index contributed by atoms with van der Waals surface area (Å²) in [7, 11) is 0. The zero-order valence-electron chi connectivity index (χ0n) is 12.0. The Hall–Kier alpha value is -1.30. The Bertz CT molecular complexity index is 789. The molecule has 1 aromatic carbocycles. The summed E-state index contributed by atoms with van der Waals surface area (Å²) in [5.74, 6) is 0. The highest BCUT2D eigenvalue weighted by molar-refractivity contribution is 8.17. The molecule has 0 saturated carbocycles. The lowest BCUT2D eigenvalue weighted by Crippen LogP contribution is -2.20. The van der Waals surface area contributed by atoms with Crippen LogP contribution in [0.2, 0.25) is 0 Å². The van der Waals surface area contributed by atoms with Crippen molar-refractivity contribution in [1.29, 1.82) is 0 Å². The molecule has 21 heavy (non-hydrogen) atoms. The number of fused-ring (bicyclic) bond motifs is 2. The van der Waals surface area contributed by atoms with Crippen molar-refractivity contribution in [2.24, 2.45) is 4.99 Å². The minimum absolute atomic E-state index is 0.461. The van der Waals surface area contributed by atoms with E-state index in [1.54, 1.807) is 23.1 Å². The number of aliphatic hydroxyl groups is 1. The molecule has 0 saturated heterocycles. The molecule has 2 aromatic rings. The van der Waals surface area contributed by atoms with Crippen LogP contribution in [0.3, 0.4) is 0 Å². The Balaban J connectivity index is 1.92. The summed E-state index contributed by atoms with van der Waals surface area (Å²) >= 11 is 3.40. The van der Waals surface area contributed by atoms with Crippen LogP contribution in [0.4, 0.5) is 0 Å². The molecule has 108 valence electrons. The van der Waals surface area contributed by atoms with Crippen molar-refractivity contribution in [2.45, 2.75) is 20.0 Å². The number of nitrogens with zero attached hydrogens (tertiary/aromatic N) is 2. The Labute approximate surface area is 132 Å². The van der Waals surface area contributed by atoms with Crippen molar-refractivity contribution in [3.8, 4) is 0 Å². The third kappa shape index (κ3) is 2.03. The summed E-state index contributed by atoms with van der Waals surface area (Å²) in [6, 6.07) is 6.64. The monoisotopic (exact) mass is 316 g/mol. The first-order chi connectivity index (χ1) is 10.1. The van der Waals surface area contributed by atoms with Crippen molar-refractivity contribution in [1.82, 2.24) is 4.90 Å². The molecule has 2 aliphatic rings. The fourth-order valence-corrected chi connectivity index (χ4v) is 4.98. The highest BCUT2D eigenvalue weighted by Gasteiger charge is 2.34. The van der Waals surface area contributed by atoms with Gasteiger partial charge in [-0.3, -0.25) is 4.99 Å². The van der Waals surface area contributed by atoms with Crippen LogP contribution in [0.15, 0.2) is 33.5 Å². The quantitative estimate of drug-likeness (QED) is 0.918. The van der Waals surface area contributed by atoms with Gasteiger partial charge in [-0.15, -0.1) is 11.3 Å². The molecular formula is C16H16N2OS2. The molecule has 3 heterocycles. The number of hydrogen-bond acceptors (Lipinski definition) is 5. The summed E-state index contributed by atoms with van der Waals surface area (Å²) in [6.07, 6.45) is -0.461.